The number of aliphatic hydroxyl groups excluding tert-OH is 1. The number of hydrogen-bond donors (Lipinski definition) is 2. The zero-order valence-corrected chi connectivity index (χ0v) is 9.15. The van der Waals surface area contributed by atoms with Gasteiger partial charge in [-0.2, -0.15) is 0 Å². The Morgan fingerprint density at radius 3 is 2.73 bits per heavy atom. The van der Waals surface area contributed by atoms with Gasteiger partial charge < -0.3 is 14.9 Å². The van der Waals surface area contributed by atoms with Crippen LogP contribution in [0.15, 0.2) is 10.6 Å². The first-order valence-electron chi connectivity index (χ1n) is 4.89. The zero-order chi connectivity index (χ0) is 11.4. The summed E-state index contributed by atoms with van der Waals surface area (Å²) in [5.41, 5.74) is 0.242. The third-order valence-electron chi connectivity index (χ3n) is 2.18. The fraction of sp³-hybridized carbons (Fsp3) is 0.600. The van der Waals surface area contributed by atoms with Crippen molar-refractivity contribution < 1.29 is 14.4 Å². The van der Waals surface area contributed by atoms with Gasteiger partial charge in [0.15, 0.2) is 5.69 Å². The highest BCUT2D eigenvalue weighted by molar-refractivity contribution is 5.92. The van der Waals surface area contributed by atoms with Crippen molar-refractivity contribution in [2.75, 3.05) is 6.61 Å². The van der Waals surface area contributed by atoms with Crippen LogP contribution in [0.1, 0.15) is 30.1 Å². The van der Waals surface area contributed by atoms with E-state index in [0.717, 1.165) is 0 Å². The van der Waals surface area contributed by atoms with E-state index in [1.807, 2.05) is 13.8 Å². The van der Waals surface area contributed by atoms with Crippen molar-refractivity contribution in [1.82, 2.24) is 10.5 Å². The van der Waals surface area contributed by atoms with E-state index in [1.165, 1.54) is 0 Å². The normalized spacial score (nSPS) is 12.9. The molecule has 1 aromatic heterocycles. The second kappa shape index (κ2) is 4.93. The van der Waals surface area contributed by atoms with Crippen LogP contribution in [0.5, 0.6) is 0 Å². The number of aryl methyl sites for hydroxylation is 1. The van der Waals surface area contributed by atoms with E-state index >= 15 is 0 Å². The fourth-order valence-electron chi connectivity index (χ4n) is 1.14. The Bertz CT molecular complexity index is 333. The largest absolute Gasteiger partial charge is 0.394 e. The molecule has 0 saturated heterocycles. The molecule has 0 spiro atoms. The summed E-state index contributed by atoms with van der Waals surface area (Å²) >= 11 is 0. The summed E-state index contributed by atoms with van der Waals surface area (Å²) in [6, 6.07) is 1.30. The predicted molar refractivity (Wildman–Crippen MR) is 54.4 cm³/mol. The van der Waals surface area contributed by atoms with Crippen molar-refractivity contribution in [3.8, 4) is 0 Å². The topological polar surface area (TPSA) is 75.4 Å². The summed E-state index contributed by atoms with van der Waals surface area (Å²) in [5.74, 6) is 0.441. The highest BCUT2D eigenvalue weighted by Gasteiger charge is 2.18. The van der Waals surface area contributed by atoms with Crippen molar-refractivity contribution in [3.05, 3.63) is 17.5 Å². The first-order valence-corrected chi connectivity index (χ1v) is 4.89. The zero-order valence-electron chi connectivity index (χ0n) is 9.15. The first kappa shape index (κ1) is 11.7. The average molecular weight is 212 g/mol. The van der Waals surface area contributed by atoms with Crippen LogP contribution in [-0.4, -0.2) is 28.8 Å². The number of rotatable bonds is 4. The molecule has 1 rings (SSSR count). The minimum atomic E-state index is -0.320. The Morgan fingerprint density at radius 2 is 2.33 bits per heavy atom. The van der Waals surface area contributed by atoms with Crippen LogP contribution < -0.4 is 5.32 Å². The van der Waals surface area contributed by atoms with Crippen LogP contribution in [0, 0.1) is 12.8 Å². The summed E-state index contributed by atoms with van der Waals surface area (Å²) < 4.78 is 4.79. The van der Waals surface area contributed by atoms with Crippen LogP contribution in [0.25, 0.3) is 0 Å². The minimum Gasteiger partial charge on any atom is -0.394 e. The molecule has 5 nitrogen and oxygen atoms in total. The smallest absolute Gasteiger partial charge is 0.273 e. The molecule has 0 bridgehead atoms. The molecule has 0 saturated carbocycles. The van der Waals surface area contributed by atoms with E-state index in [2.05, 4.69) is 10.5 Å². The van der Waals surface area contributed by atoms with E-state index in [0.29, 0.717) is 5.76 Å². The summed E-state index contributed by atoms with van der Waals surface area (Å²) in [4.78, 5) is 11.6. The lowest BCUT2D eigenvalue weighted by atomic mass is 10.1. The molecule has 0 radical (unpaired) electrons. The molecule has 0 aromatic carbocycles. The minimum absolute atomic E-state index is 0.0831. The lowest BCUT2D eigenvalue weighted by Gasteiger charge is -2.18. The number of amides is 1. The monoisotopic (exact) mass is 212 g/mol. The maximum atomic E-state index is 11.6. The molecule has 0 aliphatic rings. The molecule has 0 fully saturated rings. The lowest BCUT2D eigenvalue weighted by molar-refractivity contribution is 0.0887. The SMILES string of the molecule is Cc1cc(C(=O)N[C@H](CO)C(C)C)no1. The second-order valence-electron chi connectivity index (χ2n) is 3.83. The van der Waals surface area contributed by atoms with Crippen molar-refractivity contribution in [1.29, 1.82) is 0 Å². The Hall–Kier alpha value is -1.36. The molecular weight excluding hydrogens is 196 g/mol. The quantitative estimate of drug-likeness (QED) is 0.771. The van der Waals surface area contributed by atoms with Crippen molar-refractivity contribution in [2.45, 2.75) is 26.8 Å². The Kier molecular flexibility index (Phi) is 3.85. The summed E-state index contributed by atoms with van der Waals surface area (Å²) in [6.07, 6.45) is 0. The number of aromatic nitrogens is 1. The molecule has 15 heavy (non-hydrogen) atoms. The second-order valence-corrected chi connectivity index (χ2v) is 3.83. The molecule has 5 heteroatoms. The van der Waals surface area contributed by atoms with Crippen molar-refractivity contribution in [2.24, 2.45) is 5.92 Å². The van der Waals surface area contributed by atoms with E-state index in [1.54, 1.807) is 13.0 Å². The number of aliphatic hydroxyl groups is 1. The van der Waals surface area contributed by atoms with Gasteiger partial charge in [-0.25, -0.2) is 0 Å². The van der Waals surface area contributed by atoms with Gasteiger partial charge in [-0.05, 0) is 12.8 Å². The van der Waals surface area contributed by atoms with Crippen LogP contribution in [0.4, 0.5) is 0 Å². The number of carbonyl (C=O) groups is 1. The van der Waals surface area contributed by atoms with Gasteiger partial charge >= 0.3 is 0 Å². The van der Waals surface area contributed by atoms with E-state index in [-0.39, 0.29) is 30.2 Å². The Balaban J connectivity index is 2.62. The summed E-state index contributed by atoms with van der Waals surface area (Å²) in [7, 11) is 0. The number of nitrogens with zero attached hydrogens (tertiary/aromatic N) is 1. The van der Waals surface area contributed by atoms with Gasteiger partial charge in [0.05, 0.1) is 12.6 Å². The van der Waals surface area contributed by atoms with Gasteiger partial charge in [0.25, 0.3) is 5.91 Å². The molecule has 2 N–H and O–H groups in total. The Labute approximate surface area is 88.5 Å². The maximum Gasteiger partial charge on any atom is 0.273 e. The van der Waals surface area contributed by atoms with Gasteiger partial charge in [0.2, 0.25) is 0 Å². The van der Waals surface area contributed by atoms with Gasteiger partial charge in [0, 0.05) is 6.07 Å². The molecular formula is C10H16N2O3. The van der Waals surface area contributed by atoms with Crippen LogP contribution in [-0.2, 0) is 0 Å². The standard InChI is InChI=1S/C10H16N2O3/c1-6(2)9(5-13)11-10(14)8-4-7(3)15-12-8/h4,6,9,13H,5H2,1-3H3,(H,11,14)/t9-/m1/s1. The summed E-state index contributed by atoms with van der Waals surface area (Å²) in [6.45, 7) is 5.49. The first-order chi connectivity index (χ1) is 7.04. The molecule has 1 atom stereocenters. The molecule has 0 aliphatic carbocycles. The van der Waals surface area contributed by atoms with Crippen molar-refractivity contribution >= 4 is 5.91 Å². The third-order valence-corrected chi connectivity index (χ3v) is 2.18. The number of carbonyl (C=O) groups excluding carboxylic acids is 1. The highest BCUT2D eigenvalue weighted by atomic mass is 16.5. The van der Waals surface area contributed by atoms with Crippen LogP contribution in [0.2, 0.25) is 0 Å². The van der Waals surface area contributed by atoms with Gasteiger partial charge in [-0.15, -0.1) is 0 Å². The van der Waals surface area contributed by atoms with E-state index in [4.69, 9.17) is 9.63 Å². The predicted octanol–water partition coefficient (Wildman–Crippen LogP) is 0.730. The number of hydrogen-bond acceptors (Lipinski definition) is 4. The van der Waals surface area contributed by atoms with E-state index in [9.17, 15) is 4.79 Å². The third kappa shape index (κ3) is 3.06. The molecule has 1 amide bonds. The molecule has 0 aliphatic heterocycles. The van der Waals surface area contributed by atoms with Gasteiger partial charge in [0.1, 0.15) is 5.76 Å². The van der Waals surface area contributed by atoms with Crippen LogP contribution in [0.3, 0.4) is 0 Å². The fourth-order valence-corrected chi connectivity index (χ4v) is 1.14. The molecule has 1 heterocycles. The summed E-state index contributed by atoms with van der Waals surface area (Å²) in [5, 5.41) is 15.3. The van der Waals surface area contributed by atoms with Crippen molar-refractivity contribution in [3.63, 3.8) is 0 Å². The van der Waals surface area contributed by atoms with Gasteiger partial charge in [-0.1, -0.05) is 19.0 Å². The number of nitrogens with one attached hydrogen (secondary N) is 1. The average Bonchev–Trinajstić information content (AvgIpc) is 2.60. The molecule has 1 aromatic rings. The molecule has 0 unspecified atom stereocenters. The molecule has 84 valence electrons. The lowest BCUT2D eigenvalue weighted by Crippen LogP contribution is -2.41. The van der Waals surface area contributed by atoms with E-state index < -0.39 is 0 Å². The van der Waals surface area contributed by atoms with Crippen LogP contribution >= 0.6 is 0 Å². The van der Waals surface area contributed by atoms with Gasteiger partial charge in [-0.3, -0.25) is 4.79 Å². The highest BCUT2D eigenvalue weighted by Crippen LogP contribution is 2.04. The Morgan fingerprint density at radius 1 is 1.67 bits per heavy atom. The maximum absolute atomic E-state index is 11.6.